The van der Waals surface area contributed by atoms with Crippen molar-refractivity contribution in [2.45, 2.75) is 25.5 Å². The van der Waals surface area contributed by atoms with Gasteiger partial charge in [-0.3, -0.25) is 14.9 Å². The van der Waals surface area contributed by atoms with E-state index in [1.807, 2.05) is 4.90 Å². The summed E-state index contributed by atoms with van der Waals surface area (Å²) in [5.41, 5.74) is 0.798. The van der Waals surface area contributed by atoms with E-state index >= 15 is 0 Å². The number of carbonyl (C=O) groups excluding carboxylic acids is 2. The molecule has 1 unspecified atom stereocenters. The lowest BCUT2D eigenvalue weighted by Crippen LogP contribution is -2.37. The Morgan fingerprint density at radius 3 is 2.77 bits per heavy atom. The summed E-state index contributed by atoms with van der Waals surface area (Å²) in [7, 11) is 0. The van der Waals surface area contributed by atoms with Gasteiger partial charge in [0.05, 0.1) is 10.0 Å². The summed E-state index contributed by atoms with van der Waals surface area (Å²) in [6, 6.07) is 5.20. The van der Waals surface area contributed by atoms with Crippen LogP contribution in [0.15, 0.2) is 24.3 Å². The van der Waals surface area contributed by atoms with Crippen LogP contribution in [0.25, 0.3) is 6.08 Å². The van der Waals surface area contributed by atoms with E-state index in [4.69, 9.17) is 23.2 Å². The highest BCUT2D eigenvalue weighted by atomic mass is 35.5. The molecule has 0 spiro atoms. The molecule has 2 fully saturated rings. The molecule has 2 aliphatic heterocycles. The molecule has 7 nitrogen and oxygen atoms in total. The fraction of sp³-hybridized carbons (Fsp3) is 0.545. The summed E-state index contributed by atoms with van der Waals surface area (Å²) >= 11 is 11.9. The van der Waals surface area contributed by atoms with Crippen molar-refractivity contribution >= 4 is 41.1 Å². The number of nitrogens with zero attached hydrogens (tertiary/aromatic N) is 3. The average Bonchev–Trinajstić information content (AvgIpc) is 3.07. The summed E-state index contributed by atoms with van der Waals surface area (Å²) < 4.78 is 0. The molecule has 1 aromatic rings. The Morgan fingerprint density at radius 1 is 1.13 bits per heavy atom. The number of hydrogen-bond donors (Lipinski definition) is 2. The molecule has 2 aliphatic rings. The molecular formula is C22H30Cl2N4O3. The summed E-state index contributed by atoms with van der Waals surface area (Å²) in [6.45, 7) is 5.61. The van der Waals surface area contributed by atoms with E-state index in [2.05, 4.69) is 10.2 Å². The van der Waals surface area contributed by atoms with Gasteiger partial charge in [0.15, 0.2) is 0 Å². The minimum absolute atomic E-state index is 0.0942. The third-order valence-electron chi connectivity index (χ3n) is 5.69. The number of aliphatic hydroxyl groups is 1. The fourth-order valence-electron chi connectivity index (χ4n) is 3.83. The van der Waals surface area contributed by atoms with E-state index < -0.39 is 6.23 Å². The number of carbonyl (C=O) groups is 2. The van der Waals surface area contributed by atoms with Gasteiger partial charge >= 0.3 is 0 Å². The Balaban J connectivity index is 1.45. The van der Waals surface area contributed by atoms with Crippen molar-refractivity contribution in [2.24, 2.45) is 0 Å². The van der Waals surface area contributed by atoms with Crippen LogP contribution in [-0.2, 0) is 9.59 Å². The predicted molar refractivity (Wildman–Crippen MR) is 123 cm³/mol. The Hall–Kier alpha value is -1.64. The molecule has 3 rings (SSSR count). The molecule has 0 saturated carbocycles. The summed E-state index contributed by atoms with van der Waals surface area (Å²) in [4.78, 5) is 31.0. The molecule has 2 amide bonds. The van der Waals surface area contributed by atoms with Crippen molar-refractivity contribution in [3.05, 3.63) is 39.9 Å². The first-order chi connectivity index (χ1) is 14.9. The van der Waals surface area contributed by atoms with Crippen molar-refractivity contribution < 1.29 is 14.7 Å². The number of nitrogens with one attached hydrogen (secondary N) is 1. The lowest BCUT2D eigenvalue weighted by Gasteiger charge is -2.24. The normalized spacial score (nSPS) is 21.4. The molecule has 0 radical (unpaired) electrons. The van der Waals surface area contributed by atoms with Crippen LogP contribution in [-0.4, -0.2) is 90.2 Å². The lowest BCUT2D eigenvalue weighted by atomic mass is 10.2. The summed E-state index contributed by atoms with van der Waals surface area (Å²) in [5, 5.41) is 13.6. The first kappa shape index (κ1) is 24.0. The van der Waals surface area contributed by atoms with Crippen molar-refractivity contribution in [3.63, 3.8) is 0 Å². The molecule has 0 aromatic heterocycles. The number of aliphatic hydroxyl groups excluding tert-OH is 1. The Labute approximate surface area is 193 Å². The number of benzene rings is 1. The van der Waals surface area contributed by atoms with E-state index in [0.717, 1.165) is 44.6 Å². The van der Waals surface area contributed by atoms with Crippen LogP contribution in [0.2, 0.25) is 10.0 Å². The molecular weight excluding hydrogens is 439 g/mol. The molecule has 0 bridgehead atoms. The number of rotatable bonds is 6. The van der Waals surface area contributed by atoms with E-state index in [9.17, 15) is 14.7 Å². The predicted octanol–water partition coefficient (Wildman–Crippen LogP) is 2.07. The van der Waals surface area contributed by atoms with Crippen LogP contribution < -0.4 is 5.32 Å². The fourth-order valence-corrected chi connectivity index (χ4v) is 4.14. The number of amides is 2. The number of hydrogen-bond acceptors (Lipinski definition) is 5. The van der Waals surface area contributed by atoms with Crippen LogP contribution in [0.4, 0.5) is 0 Å². The van der Waals surface area contributed by atoms with Gasteiger partial charge in [-0.05, 0) is 43.2 Å². The van der Waals surface area contributed by atoms with Crippen molar-refractivity contribution in [1.82, 2.24) is 20.0 Å². The lowest BCUT2D eigenvalue weighted by molar-refractivity contribution is -0.130. The van der Waals surface area contributed by atoms with Gasteiger partial charge in [-0.25, -0.2) is 0 Å². The zero-order chi connectivity index (χ0) is 22.2. The second-order valence-electron chi connectivity index (χ2n) is 7.92. The van der Waals surface area contributed by atoms with Gasteiger partial charge in [-0.1, -0.05) is 29.3 Å². The van der Waals surface area contributed by atoms with Crippen LogP contribution in [0.1, 0.15) is 24.8 Å². The zero-order valence-corrected chi connectivity index (χ0v) is 19.1. The van der Waals surface area contributed by atoms with Crippen LogP contribution >= 0.6 is 23.2 Å². The highest BCUT2D eigenvalue weighted by Crippen LogP contribution is 2.23. The maximum absolute atomic E-state index is 12.6. The van der Waals surface area contributed by atoms with Crippen LogP contribution in [0, 0.1) is 0 Å². The highest BCUT2D eigenvalue weighted by Gasteiger charge is 2.23. The maximum Gasteiger partial charge on any atom is 0.246 e. The number of halogens is 2. The van der Waals surface area contributed by atoms with Crippen LogP contribution in [0.5, 0.6) is 0 Å². The average molecular weight is 469 g/mol. The molecule has 1 atom stereocenters. The molecule has 2 N–H and O–H groups in total. The van der Waals surface area contributed by atoms with E-state index in [-0.39, 0.29) is 11.8 Å². The molecule has 170 valence electrons. The minimum Gasteiger partial charge on any atom is -0.379 e. The van der Waals surface area contributed by atoms with Crippen molar-refractivity contribution in [2.75, 3.05) is 52.4 Å². The van der Waals surface area contributed by atoms with Gasteiger partial charge in [0.25, 0.3) is 0 Å². The molecule has 9 heteroatoms. The Bertz CT molecular complexity index is 805. The molecule has 1 aromatic carbocycles. The topological polar surface area (TPSA) is 76.1 Å². The third-order valence-corrected chi connectivity index (χ3v) is 6.43. The summed E-state index contributed by atoms with van der Waals surface area (Å²) in [5.74, 6) is -0.0203. The highest BCUT2D eigenvalue weighted by molar-refractivity contribution is 6.42. The largest absolute Gasteiger partial charge is 0.379 e. The van der Waals surface area contributed by atoms with E-state index in [1.165, 1.54) is 6.08 Å². The molecule has 0 aliphatic carbocycles. The Morgan fingerprint density at radius 2 is 1.97 bits per heavy atom. The van der Waals surface area contributed by atoms with Gasteiger partial charge in [-0.15, -0.1) is 0 Å². The Kier molecular flexibility index (Phi) is 9.16. The quantitative estimate of drug-likeness (QED) is 0.624. The van der Waals surface area contributed by atoms with Gasteiger partial charge in [-0.2, -0.15) is 0 Å². The van der Waals surface area contributed by atoms with Gasteiger partial charge in [0.1, 0.15) is 6.23 Å². The first-order valence-corrected chi connectivity index (χ1v) is 11.5. The SMILES string of the molecule is O=C(/C=C/c1ccc(Cl)c(Cl)c1)N1CCC(=O)N(CCCN2CCNC(O)CC2)CC1. The minimum atomic E-state index is -0.425. The molecule has 2 heterocycles. The molecule has 2 saturated heterocycles. The first-order valence-electron chi connectivity index (χ1n) is 10.8. The van der Waals surface area contributed by atoms with E-state index in [0.29, 0.717) is 42.6 Å². The van der Waals surface area contributed by atoms with Crippen molar-refractivity contribution in [1.29, 1.82) is 0 Å². The molecule has 31 heavy (non-hydrogen) atoms. The monoisotopic (exact) mass is 468 g/mol. The smallest absolute Gasteiger partial charge is 0.246 e. The van der Waals surface area contributed by atoms with Gasteiger partial charge < -0.3 is 19.8 Å². The second kappa shape index (κ2) is 11.8. The summed E-state index contributed by atoms with van der Waals surface area (Å²) in [6.07, 6.45) is 4.74. The van der Waals surface area contributed by atoms with Crippen molar-refractivity contribution in [3.8, 4) is 0 Å². The third kappa shape index (κ3) is 7.47. The van der Waals surface area contributed by atoms with Crippen LogP contribution in [0.3, 0.4) is 0 Å². The maximum atomic E-state index is 12.6. The van der Waals surface area contributed by atoms with Gasteiger partial charge in [0, 0.05) is 58.3 Å². The zero-order valence-electron chi connectivity index (χ0n) is 17.6. The second-order valence-corrected chi connectivity index (χ2v) is 8.73. The standard InChI is InChI=1S/C22H30Cl2N4O3/c23-18-4-2-17(16-19(18)24)3-5-21(30)28-12-7-22(31)27(14-15-28)10-1-9-26-11-6-20(29)25-8-13-26/h2-5,16,20,25,29H,1,6-15H2/b5-3+. The van der Waals surface area contributed by atoms with Gasteiger partial charge in [0.2, 0.25) is 11.8 Å². The van der Waals surface area contributed by atoms with E-state index in [1.54, 1.807) is 29.2 Å².